The van der Waals surface area contributed by atoms with Crippen LogP contribution in [-0.2, 0) is 4.79 Å². The molecule has 0 N–H and O–H groups in total. The molecule has 1 aromatic carbocycles. The van der Waals surface area contributed by atoms with Gasteiger partial charge in [-0.1, -0.05) is 23.7 Å². The smallest absolute Gasteiger partial charge is 0.247 e. The van der Waals surface area contributed by atoms with Crippen molar-refractivity contribution in [3.63, 3.8) is 0 Å². The van der Waals surface area contributed by atoms with Crippen molar-refractivity contribution in [2.75, 3.05) is 20.8 Å². The molecule has 1 fully saturated rings. The number of rotatable bonds is 5. The van der Waals surface area contributed by atoms with Gasteiger partial charge >= 0.3 is 0 Å². The molecule has 1 unspecified atom stereocenters. The number of methoxy groups -OCH3 is 2. The fourth-order valence-corrected chi connectivity index (χ4v) is 4.06. The number of carbonyl (C=O) groups excluding carboxylic acids is 1. The van der Waals surface area contributed by atoms with E-state index >= 15 is 0 Å². The number of likely N-dealkylation sites (tertiary alicyclic amines) is 1. The number of fused-ring (bicyclic) bond motifs is 1. The molecule has 3 heterocycles. The van der Waals surface area contributed by atoms with Gasteiger partial charge in [0.15, 0.2) is 16.7 Å². The number of nitrogens with zero attached hydrogens (tertiary/aromatic N) is 3. The summed E-state index contributed by atoms with van der Waals surface area (Å²) in [5.41, 5.74) is 2.47. The molecule has 0 aliphatic carbocycles. The van der Waals surface area contributed by atoms with E-state index in [1.54, 1.807) is 26.4 Å². The lowest BCUT2D eigenvalue weighted by Crippen LogP contribution is -2.28. The van der Waals surface area contributed by atoms with Gasteiger partial charge < -0.3 is 14.4 Å². The first-order chi connectivity index (χ1) is 14.1. The molecule has 2 aromatic heterocycles. The van der Waals surface area contributed by atoms with Crippen LogP contribution in [0.3, 0.4) is 0 Å². The van der Waals surface area contributed by atoms with E-state index in [0.29, 0.717) is 28.9 Å². The molecule has 7 heteroatoms. The van der Waals surface area contributed by atoms with Crippen molar-refractivity contribution in [2.45, 2.75) is 18.9 Å². The maximum absolute atomic E-state index is 13.0. The van der Waals surface area contributed by atoms with E-state index in [4.69, 9.17) is 21.1 Å². The molecule has 0 bridgehead atoms. The molecule has 150 valence electrons. The second-order valence-corrected chi connectivity index (χ2v) is 7.21. The number of pyridine rings is 1. The largest absolute Gasteiger partial charge is 0.493 e. The summed E-state index contributed by atoms with van der Waals surface area (Å²) in [6, 6.07) is 11.5. The second kappa shape index (κ2) is 8.17. The highest BCUT2D eigenvalue weighted by molar-refractivity contribution is 6.31. The monoisotopic (exact) mass is 411 g/mol. The molecule has 0 radical (unpaired) electrons. The van der Waals surface area contributed by atoms with Gasteiger partial charge in [0.2, 0.25) is 5.91 Å². The first-order valence-corrected chi connectivity index (χ1v) is 9.83. The summed E-state index contributed by atoms with van der Waals surface area (Å²) >= 11 is 6.26. The van der Waals surface area contributed by atoms with E-state index in [0.717, 1.165) is 24.1 Å². The lowest BCUT2D eigenvalue weighted by atomic mass is 10.0. The standard InChI is InChI=1S/C22H22ClN3O3/c1-28-18-10-8-15(14-19(18)29-2)16-6-5-13-26(16)21(27)11-9-17-22(23)24-20-7-3-4-12-25(17)20/h3-4,7-12,14,16H,5-6,13H2,1-2H3/b11-9+. The van der Waals surface area contributed by atoms with Crippen molar-refractivity contribution >= 4 is 29.2 Å². The molecule has 4 rings (SSSR count). The van der Waals surface area contributed by atoms with Crippen molar-refractivity contribution in [3.8, 4) is 11.5 Å². The Morgan fingerprint density at radius 1 is 1.21 bits per heavy atom. The Hall–Kier alpha value is -2.99. The van der Waals surface area contributed by atoms with Crippen LogP contribution >= 0.6 is 11.6 Å². The van der Waals surface area contributed by atoms with Crippen LogP contribution in [0.2, 0.25) is 5.15 Å². The summed E-state index contributed by atoms with van der Waals surface area (Å²) in [5.74, 6) is 1.29. The minimum absolute atomic E-state index is 0.00427. The fraction of sp³-hybridized carbons (Fsp3) is 0.273. The van der Waals surface area contributed by atoms with E-state index in [2.05, 4.69) is 4.98 Å². The predicted molar refractivity (Wildman–Crippen MR) is 112 cm³/mol. The normalized spacial score (nSPS) is 16.7. The van der Waals surface area contributed by atoms with E-state index < -0.39 is 0 Å². The van der Waals surface area contributed by atoms with Crippen molar-refractivity contribution in [1.29, 1.82) is 0 Å². The predicted octanol–water partition coefficient (Wildman–Crippen LogP) is 4.38. The Morgan fingerprint density at radius 2 is 2.03 bits per heavy atom. The highest BCUT2D eigenvalue weighted by Gasteiger charge is 2.29. The maximum atomic E-state index is 13.0. The van der Waals surface area contributed by atoms with E-state index in [1.165, 1.54) is 0 Å². The van der Waals surface area contributed by atoms with Crippen LogP contribution in [0.15, 0.2) is 48.7 Å². The van der Waals surface area contributed by atoms with Gasteiger partial charge in [0, 0.05) is 18.8 Å². The summed E-state index contributed by atoms with van der Waals surface area (Å²) in [4.78, 5) is 19.2. The van der Waals surface area contributed by atoms with Crippen molar-refractivity contribution in [1.82, 2.24) is 14.3 Å². The third-order valence-electron chi connectivity index (χ3n) is 5.23. The van der Waals surface area contributed by atoms with Crippen LogP contribution in [0.5, 0.6) is 11.5 Å². The maximum Gasteiger partial charge on any atom is 0.247 e. The van der Waals surface area contributed by atoms with Gasteiger partial charge in [-0.25, -0.2) is 4.98 Å². The van der Waals surface area contributed by atoms with Gasteiger partial charge in [-0.05, 0) is 48.7 Å². The van der Waals surface area contributed by atoms with Crippen LogP contribution < -0.4 is 9.47 Å². The lowest BCUT2D eigenvalue weighted by molar-refractivity contribution is -0.126. The van der Waals surface area contributed by atoms with Crippen LogP contribution in [0.25, 0.3) is 11.7 Å². The van der Waals surface area contributed by atoms with E-state index in [9.17, 15) is 4.79 Å². The number of aromatic nitrogens is 2. The Kier molecular flexibility index (Phi) is 5.45. The fourth-order valence-electron chi connectivity index (χ4n) is 3.82. The quantitative estimate of drug-likeness (QED) is 0.584. The topological polar surface area (TPSA) is 56.1 Å². The average molecular weight is 412 g/mol. The summed E-state index contributed by atoms with van der Waals surface area (Å²) < 4.78 is 12.6. The number of hydrogen-bond acceptors (Lipinski definition) is 4. The van der Waals surface area contributed by atoms with Gasteiger partial charge in [-0.2, -0.15) is 0 Å². The number of hydrogen-bond donors (Lipinski definition) is 0. The minimum Gasteiger partial charge on any atom is -0.493 e. The molecular weight excluding hydrogens is 390 g/mol. The zero-order valence-corrected chi connectivity index (χ0v) is 17.1. The summed E-state index contributed by atoms with van der Waals surface area (Å²) in [6.45, 7) is 0.711. The molecule has 0 spiro atoms. The molecular formula is C22H22ClN3O3. The summed E-state index contributed by atoms with van der Waals surface area (Å²) in [7, 11) is 3.22. The van der Waals surface area contributed by atoms with Crippen molar-refractivity contribution < 1.29 is 14.3 Å². The molecule has 29 heavy (non-hydrogen) atoms. The molecule has 1 atom stereocenters. The van der Waals surface area contributed by atoms with Crippen LogP contribution in [0, 0.1) is 0 Å². The minimum atomic E-state index is -0.0516. The molecule has 1 saturated heterocycles. The van der Waals surface area contributed by atoms with Crippen molar-refractivity contribution in [3.05, 3.63) is 65.1 Å². The molecule has 0 saturated carbocycles. The van der Waals surface area contributed by atoms with Crippen molar-refractivity contribution in [2.24, 2.45) is 0 Å². The molecule has 1 aliphatic heterocycles. The number of imidazole rings is 1. The zero-order chi connectivity index (χ0) is 20.4. The highest BCUT2D eigenvalue weighted by atomic mass is 35.5. The van der Waals surface area contributed by atoms with Gasteiger partial charge in [0.25, 0.3) is 0 Å². The number of amides is 1. The third kappa shape index (κ3) is 3.68. The van der Waals surface area contributed by atoms with Crippen LogP contribution in [-0.4, -0.2) is 41.0 Å². The molecule has 1 aliphatic rings. The van der Waals surface area contributed by atoms with E-state index in [1.807, 2.05) is 51.9 Å². The first-order valence-electron chi connectivity index (χ1n) is 9.45. The lowest BCUT2D eigenvalue weighted by Gasteiger charge is -2.24. The Balaban J connectivity index is 1.58. The number of halogens is 1. The molecule has 6 nitrogen and oxygen atoms in total. The third-order valence-corrected chi connectivity index (χ3v) is 5.51. The van der Waals surface area contributed by atoms with Gasteiger partial charge in [0.05, 0.1) is 26.0 Å². The average Bonchev–Trinajstić information content (AvgIpc) is 3.35. The highest BCUT2D eigenvalue weighted by Crippen LogP contribution is 2.37. The first kappa shape index (κ1) is 19.3. The Morgan fingerprint density at radius 3 is 2.83 bits per heavy atom. The van der Waals surface area contributed by atoms with E-state index in [-0.39, 0.29) is 11.9 Å². The molecule has 1 amide bonds. The summed E-state index contributed by atoms with van der Waals surface area (Å²) in [6.07, 6.45) is 7.04. The Labute approximate surface area is 174 Å². The second-order valence-electron chi connectivity index (χ2n) is 6.85. The van der Waals surface area contributed by atoms with Gasteiger partial charge in [-0.3, -0.25) is 9.20 Å². The van der Waals surface area contributed by atoms with Gasteiger partial charge in [-0.15, -0.1) is 0 Å². The van der Waals surface area contributed by atoms with Gasteiger partial charge in [0.1, 0.15) is 5.65 Å². The zero-order valence-electron chi connectivity index (χ0n) is 16.3. The number of carbonyl (C=O) groups is 1. The SMILES string of the molecule is COc1ccc(C2CCCN2C(=O)/C=C/c2c(Cl)nc3ccccn23)cc1OC. The number of ether oxygens (including phenoxy) is 2. The molecule has 3 aromatic rings. The van der Waals surface area contributed by atoms with Crippen LogP contribution in [0.4, 0.5) is 0 Å². The van der Waals surface area contributed by atoms with Crippen LogP contribution in [0.1, 0.15) is 30.1 Å². The number of benzene rings is 1. The summed E-state index contributed by atoms with van der Waals surface area (Å²) in [5, 5.41) is 0.373. The Bertz CT molecular complexity index is 1080.